The van der Waals surface area contributed by atoms with Gasteiger partial charge in [-0.05, 0) is 12.0 Å². The summed E-state index contributed by atoms with van der Waals surface area (Å²) in [6.07, 6.45) is -0.00711. The maximum absolute atomic E-state index is 10.1. The monoisotopic (exact) mass is 266 g/mol. The van der Waals surface area contributed by atoms with Crippen LogP contribution >= 0.6 is 11.6 Å². The standard InChI is InChI=1S/C13H15ClN2O2/c14-7-6-11(17)13(18)10-8-15-16-12(10)9-4-2-1-3-5-9/h1-5,8,11,13,17-18H,6-7H2,(H,15,16). The van der Waals surface area contributed by atoms with Gasteiger partial charge in [0.05, 0.1) is 18.0 Å². The molecule has 4 nitrogen and oxygen atoms in total. The lowest BCUT2D eigenvalue weighted by Crippen LogP contribution is -2.18. The highest BCUT2D eigenvalue weighted by molar-refractivity contribution is 6.17. The summed E-state index contributed by atoms with van der Waals surface area (Å²) in [7, 11) is 0. The van der Waals surface area contributed by atoms with Crippen LogP contribution in [0.2, 0.25) is 0 Å². The van der Waals surface area contributed by atoms with E-state index >= 15 is 0 Å². The molecule has 96 valence electrons. The Balaban J connectivity index is 2.28. The molecule has 1 heterocycles. The number of rotatable bonds is 5. The number of aromatic nitrogens is 2. The van der Waals surface area contributed by atoms with Gasteiger partial charge in [0, 0.05) is 11.4 Å². The van der Waals surface area contributed by atoms with Crippen molar-refractivity contribution < 1.29 is 10.2 Å². The minimum absolute atomic E-state index is 0.302. The van der Waals surface area contributed by atoms with Crippen LogP contribution in [-0.4, -0.2) is 32.4 Å². The van der Waals surface area contributed by atoms with Crippen LogP contribution in [0.5, 0.6) is 0 Å². The lowest BCUT2D eigenvalue weighted by molar-refractivity contribution is 0.0173. The van der Waals surface area contributed by atoms with Gasteiger partial charge in [-0.3, -0.25) is 5.10 Å². The molecule has 1 aromatic carbocycles. The summed E-state index contributed by atoms with van der Waals surface area (Å²) in [5.41, 5.74) is 2.22. The van der Waals surface area contributed by atoms with Gasteiger partial charge >= 0.3 is 0 Å². The zero-order chi connectivity index (χ0) is 13.0. The Hall–Kier alpha value is -1.36. The van der Waals surface area contributed by atoms with Crippen molar-refractivity contribution >= 4 is 11.6 Å². The fourth-order valence-corrected chi connectivity index (χ4v) is 2.06. The van der Waals surface area contributed by atoms with Crippen LogP contribution in [0.15, 0.2) is 36.5 Å². The van der Waals surface area contributed by atoms with Gasteiger partial charge in [-0.25, -0.2) is 0 Å². The van der Waals surface area contributed by atoms with Crippen LogP contribution in [0.1, 0.15) is 18.1 Å². The van der Waals surface area contributed by atoms with E-state index in [1.165, 1.54) is 6.20 Å². The quantitative estimate of drug-likeness (QED) is 0.726. The number of H-pyrrole nitrogens is 1. The van der Waals surface area contributed by atoms with Crippen LogP contribution in [0, 0.1) is 0 Å². The van der Waals surface area contributed by atoms with Crippen molar-refractivity contribution in [1.82, 2.24) is 10.2 Å². The molecule has 18 heavy (non-hydrogen) atoms. The Morgan fingerprint density at radius 2 is 1.94 bits per heavy atom. The third-order valence-corrected chi connectivity index (χ3v) is 3.04. The Bertz CT molecular complexity index is 487. The Kier molecular flexibility index (Phi) is 4.36. The Labute approximate surface area is 110 Å². The van der Waals surface area contributed by atoms with Crippen molar-refractivity contribution in [1.29, 1.82) is 0 Å². The summed E-state index contributed by atoms with van der Waals surface area (Å²) < 4.78 is 0. The SMILES string of the molecule is OC(CCCl)C(O)c1cn[nH]c1-c1ccccc1. The topological polar surface area (TPSA) is 69.1 Å². The Morgan fingerprint density at radius 1 is 1.22 bits per heavy atom. The van der Waals surface area contributed by atoms with Crippen molar-refractivity contribution in [2.75, 3.05) is 5.88 Å². The highest BCUT2D eigenvalue weighted by Crippen LogP contribution is 2.28. The van der Waals surface area contributed by atoms with Crippen molar-refractivity contribution in [3.63, 3.8) is 0 Å². The minimum Gasteiger partial charge on any atom is -0.390 e. The summed E-state index contributed by atoms with van der Waals surface area (Å²) in [6, 6.07) is 9.55. The smallest absolute Gasteiger partial charge is 0.109 e. The molecule has 2 atom stereocenters. The minimum atomic E-state index is -0.988. The zero-order valence-corrected chi connectivity index (χ0v) is 10.5. The molecule has 0 saturated heterocycles. The number of hydrogen-bond acceptors (Lipinski definition) is 3. The molecule has 3 N–H and O–H groups in total. The van der Waals surface area contributed by atoms with E-state index in [0.717, 1.165) is 11.3 Å². The van der Waals surface area contributed by atoms with E-state index in [2.05, 4.69) is 10.2 Å². The first-order chi connectivity index (χ1) is 8.74. The average molecular weight is 267 g/mol. The van der Waals surface area contributed by atoms with Crippen molar-refractivity contribution in [3.8, 4) is 11.3 Å². The van der Waals surface area contributed by atoms with Crippen LogP contribution in [0.3, 0.4) is 0 Å². The largest absolute Gasteiger partial charge is 0.390 e. The number of aliphatic hydroxyl groups is 2. The van der Waals surface area contributed by atoms with Crippen molar-refractivity contribution in [2.45, 2.75) is 18.6 Å². The summed E-state index contributed by atoms with van der Waals surface area (Å²) in [6.45, 7) is 0. The first kappa shape index (κ1) is 13.1. The lowest BCUT2D eigenvalue weighted by atomic mass is 10.00. The van der Waals surface area contributed by atoms with Gasteiger partial charge in [0.25, 0.3) is 0 Å². The highest BCUT2D eigenvalue weighted by Gasteiger charge is 2.22. The molecule has 0 amide bonds. The van der Waals surface area contributed by atoms with Gasteiger partial charge in [-0.2, -0.15) is 5.10 Å². The van der Waals surface area contributed by atoms with Crippen LogP contribution in [-0.2, 0) is 0 Å². The normalized spacial score (nSPS) is 14.4. The van der Waals surface area contributed by atoms with E-state index in [0.29, 0.717) is 17.9 Å². The third-order valence-electron chi connectivity index (χ3n) is 2.82. The summed E-state index contributed by atoms with van der Waals surface area (Å²) in [5.74, 6) is 0.302. The number of nitrogens with one attached hydrogen (secondary N) is 1. The number of aliphatic hydroxyl groups excluding tert-OH is 2. The molecular formula is C13H15ClN2O2. The molecular weight excluding hydrogens is 252 g/mol. The van der Waals surface area contributed by atoms with E-state index in [1.54, 1.807) is 0 Å². The van der Waals surface area contributed by atoms with Gasteiger partial charge in [0.15, 0.2) is 0 Å². The lowest BCUT2D eigenvalue weighted by Gasteiger charge is -2.16. The fraction of sp³-hybridized carbons (Fsp3) is 0.308. The second-order valence-electron chi connectivity index (χ2n) is 4.06. The Morgan fingerprint density at radius 3 is 2.61 bits per heavy atom. The number of nitrogens with zero attached hydrogens (tertiary/aromatic N) is 1. The van der Waals surface area contributed by atoms with Gasteiger partial charge in [0.1, 0.15) is 6.10 Å². The fourth-order valence-electron chi connectivity index (χ4n) is 1.83. The van der Waals surface area contributed by atoms with Crippen LogP contribution in [0.25, 0.3) is 11.3 Å². The summed E-state index contributed by atoms with van der Waals surface area (Å²) in [5, 5.41) is 26.6. The van der Waals surface area contributed by atoms with E-state index in [9.17, 15) is 10.2 Å². The molecule has 0 bridgehead atoms. The molecule has 2 rings (SSSR count). The number of aromatic amines is 1. The molecule has 0 fully saturated rings. The average Bonchev–Trinajstić information content (AvgIpc) is 2.88. The van der Waals surface area contributed by atoms with E-state index in [-0.39, 0.29) is 0 Å². The molecule has 2 aromatic rings. The molecule has 5 heteroatoms. The third kappa shape index (κ3) is 2.72. The summed E-state index contributed by atoms with van der Waals surface area (Å²) >= 11 is 5.56. The predicted molar refractivity (Wildman–Crippen MR) is 70.3 cm³/mol. The van der Waals surface area contributed by atoms with Gasteiger partial charge in [-0.1, -0.05) is 30.3 Å². The van der Waals surface area contributed by atoms with Crippen molar-refractivity contribution in [3.05, 3.63) is 42.1 Å². The second-order valence-corrected chi connectivity index (χ2v) is 4.43. The molecule has 0 saturated carbocycles. The number of benzene rings is 1. The van der Waals surface area contributed by atoms with E-state index < -0.39 is 12.2 Å². The first-order valence-electron chi connectivity index (χ1n) is 5.75. The van der Waals surface area contributed by atoms with Gasteiger partial charge in [0.2, 0.25) is 0 Å². The molecule has 0 spiro atoms. The zero-order valence-electron chi connectivity index (χ0n) is 9.75. The molecule has 0 aliphatic rings. The maximum atomic E-state index is 10.1. The van der Waals surface area contributed by atoms with Gasteiger partial charge in [-0.15, -0.1) is 11.6 Å². The maximum Gasteiger partial charge on any atom is 0.109 e. The molecule has 0 aliphatic carbocycles. The second kappa shape index (κ2) is 6.00. The predicted octanol–water partition coefficient (Wildman–Crippen LogP) is 2.10. The van der Waals surface area contributed by atoms with Gasteiger partial charge < -0.3 is 10.2 Å². The molecule has 1 aromatic heterocycles. The number of alkyl halides is 1. The van der Waals surface area contributed by atoms with Crippen LogP contribution in [0.4, 0.5) is 0 Å². The van der Waals surface area contributed by atoms with E-state index in [4.69, 9.17) is 11.6 Å². The molecule has 2 unspecified atom stereocenters. The number of hydrogen-bond donors (Lipinski definition) is 3. The first-order valence-corrected chi connectivity index (χ1v) is 6.28. The van der Waals surface area contributed by atoms with E-state index in [1.807, 2.05) is 30.3 Å². The van der Waals surface area contributed by atoms with Crippen LogP contribution < -0.4 is 0 Å². The summed E-state index contributed by atoms with van der Waals surface area (Å²) in [4.78, 5) is 0. The highest BCUT2D eigenvalue weighted by atomic mass is 35.5. The van der Waals surface area contributed by atoms with Crippen molar-refractivity contribution in [2.24, 2.45) is 0 Å². The number of halogens is 1. The molecule has 0 radical (unpaired) electrons. The molecule has 0 aliphatic heterocycles.